The average molecular weight is 298 g/mol. The SMILES string of the molecule is O=C(S)c1ccccc1C(Cn1ccnc1)c1ccco1. The van der Waals surface area contributed by atoms with E-state index in [1.807, 2.05) is 41.1 Å². The standard InChI is InChI=1S/C16H14N2O2S/c19-16(21)13-5-2-1-4-12(13)14(15-6-3-9-20-15)10-18-8-7-17-11-18/h1-9,11,14H,10H2,(H,19,21). The molecule has 3 rings (SSSR count). The lowest BCUT2D eigenvalue weighted by atomic mass is 9.92. The Hall–Kier alpha value is -2.27. The van der Waals surface area contributed by atoms with Crippen LogP contribution in [0.15, 0.2) is 65.8 Å². The number of benzene rings is 1. The molecule has 21 heavy (non-hydrogen) atoms. The Bertz CT molecular complexity index is 721. The molecule has 1 aromatic carbocycles. The summed E-state index contributed by atoms with van der Waals surface area (Å²) < 4.78 is 7.53. The lowest BCUT2D eigenvalue weighted by Crippen LogP contribution is -2.12. The molecule has 0 saturated heterocycles. The zero-order valence-electron chi connectivity index (χ0n) is 11.2. The van der Waals surface area contributed by atoms with Gasteiger partial charge >= 0.3 is 0 Å². The zero-order chi connectivity index (χ0) is 14.7. The maximum atomic E-state index is 11.8. The van der Waals surface area contributed by atoms with E-state index >= 15 is 0 Å². The summed E-state index contributed by atoms with van der Waals surface area (Å²) >= 11 is 3.97. The van der Waals surface area contributed by atoms with E-state index in [1.165, 1.54) is 0 Å². The minimum absolute atomic E-state index is 0.0681. The normalized spacial score (nSPS) is 12.2. The summed E-state index contributed by atoms with van der Waals surface area (Å²) in [6.07, 6.45) is 7.01. The van der Waals surface area contributed by atoms with Crippen molar-refractivity contribution in [3.63, 3.8) is 0 Å². The van der Waals surface area contributed by atoms with Crippen molar-refractivity contribution >= 4 is 17.7 Å². The fourth-order valence-corrected chi connectivity index (χ4v) is 2.64. The molecule has 5 heteroatoms. The molecule has 1 unspecified atom stereocenters. The molecule has 0 spiro atoms. The second kappa shape index (κ2) is 6.01. The van der Waals surface area contributed by atoms with E-state index in [4.69, 9.17) is 4.42 Å². The number of furan rings is 1. The van der Waals surface area contributed by atoms with Gasteiger partial charge < -0.3 is 8.98 Å². The van der Waals surface area contributed by atoms with Gasteiger partial charge in [0, 0.05) is 24.5 Å². The molecule has 0 aliphatic carbocycles. The fraction of sp³-hybridized carbons (Fsp3) is 0.125. The van der Waals surface area contributed by atoms with Crippen LogP contribution in [0.3, 0.4) is 0 Å². The van der Waals surface area contributed by atoms with E-state index < -0.39 is 0 Å². The summed E-state index contributed by atoms with van der Waals surface area (Å²) in [6, 6.07) is 11.2. The first-order chi connectivity index (χ1) is 10.3. The van der Waals surface area contributed by atoms with E-state index in [-0.39, 0.29) is 11.0 Å². The molecule has 4 nitrogen and oxygen atoms in total. The third-order valence-corrected chi connectivity index (χ3v) is 3.65. The van der Waals surface area contributed by atoms with Crippen molar-refractivity contribution in [2.75, 3.05) is 0 Å². The molecular weight excluding hydrogens is 284 g/mol. The van der Waals surface area contributed by atoms with Crippen molar-refractivity contribution in [2.45, 2.75) is 12.5 Å². The van der Waals surface area contributed by atoms with Gasteiger partial charge in [-0.25, -0.2) is 4.98 Å². The molecule has 3 aromatic rings. The first kappa shape index (κ1) is 13.7. The van der Waals surface area contributed by atoms with Gasteiger partial charge in [0.25, 0.3) is 0 Å². The monoisotopic (exact) mass is 298 g/mol. The minimum Gasteiger partial charge on any atom is -0.469 e. The Morgan fingerprint density at radius 2 is 2.14 bits per heavy atom. The van der Waals surface area contributed by atoms with Gasteiger partial charge in [0.15, 0.2) is 0 Å². The van der Waals surface area contributed by atoms with Crippen LogP contribution in [-0.2, 0) is 6.54 Å². The Morgan fingerprint density at radius 1 is 1.29 bits per heavy atom. The largest absolute Gasteiger partial charge is 0.469 e. The third-order valence-electron chi connectivity index (χ3n) is 3.41. The van der Waals surface area contributed by atoms with Crippen LogP contribution in [0.1, 0.15) is 27.6 Å². The van der Waals surface area contributed by atoms with Crippen molar-refractivity contribution in [3.8, 4) is 0 Å². The van der Waals surface area contributed by atoms with E-state index in [1.54, 1.807) is 24.9 Å². The molecule has 2 heterocycles. The van der Waals surface area contributed by atoms with E-state index in [2.05, 4.69) is 17.6 Å². The molecule has 106 valence electrons. The second-order valence-corrected chi connectivity index (χ2v) is 5.13. The molecule has 0 bridgehead atoms. The lowest BCUT2D eigenvalue weighted by Gasteiger charge is -2.18. The number of imidazole rings is 1. The number of nitrogens with zero attached hydrogens (tertiary/aromatic N) is 2. The predicted octanol–water partition coefficient (Wildman–Crippen LogP) is 3.38. The molecule has 0 saturated carbocycles. The number of hydrogen-bond donors (Lipinski definition) is 1. The topological polar surface area (TPSA) is 48.0 Å². The number of carbonyl (C=O) groups is 1. The first-order valence-electron chi connectivity index (χ1n) is 6.57. The Balaban J connectivity index is 2.05. The zero-order valence-corrected chi connectivity index (χ0v) is 12.1. The Labute approximate surface area is 127 Å². The van der Waals surface area contributed by atoms with Crippen molar-refractivity contribution < 1.29 is 9.21 Å². The van der Waals surface area contributed by atoms with Crippen LogP contribution in [0.2, 0.25) is 0 Å². The summed E-state index contributed by atoms with van der Waals surface area (Å²) in [5.74, 6) is 0.743. The highest BCUT2D eigenvalue weighted by atomic mass is 32.1. The van der Waals surface area contributed by atoms with Gasteiger partial charge in [-0.1, -0.05) is 24.3 Å². The van der Waals surface area contributed by atoms with Crippen LogP contribution in [0.5, 0.6) is 0 Å². The summed E-state index contributed by atoms with van der Waals surface area (Å²) in [5, 5.41) is -0.243. The minimum atomic E-state index is -0.243. The Morgan fingerprint density at radius 3 is 2.81 bits per heavy atom. The van der Waals surface area contributed by atoms with Crippen LogP contribution in [-0.4, -0.2) is 14.7 Å². The number of carbonyl (C=O) groups excluding carboxylic acids is 1. The highest BCUT2D eigenvalue weighted by Gasteiger charge is 2.22. The van der Waals surface area contributed by atoms with Crippen LogP contribution in [0, 0.1) is 0 Å². The van der Waals surface area contributed by atoms with Gasteiger partial charge in [0.2, 0.25) is 5.12 Å². The van der Waals surface area contributed by atoms with Gasteiger partial charge in [0.1, 0.15) is 5.76 Å². The van der Waals surface area contributed by atoms with Crippen molar-refractivity contribution in [2.24, 2.45) is 0 Å². The fourth-order valence-electron chi connectivity index (χ4n) is 2.43. The highest BCUT2D eigenvalue weighted by molar-refractivity contribution is 7.97. The van der Waals surface area contributed by atoms with Gasteiger partial charge in [-0.05, 0) is 17.7 Å². The molecule has 0 aliphatic rings. The molecule has 0 radical (unpaired) electrons. The van der Waals surface area contributed by atoms with Crippen molar-refractivity contribution in [1.82, 2.24) is 9.55 Å². The summed E-state index contributed by atoms with van der Waals surface area (Å²) in [6.45, 7) is 0.644. The molecule has 0 N–H and O–H groups in total. The first-order valence-corrected chi connectivity index (χ1v) is 7.02. The van der Waals surface area contributed by atoms with Gasteiger partial charge in [-0.15, -0.1) is 12.6 Å². The van der Waals surface area contributed by atoms with E-state index in [0.717, 1.165) is 11.3 Å². The van der Waals surface area contributed by atoms with Crippen LogP contribution < -0.4 is 0 Å². The number of rotatable bonds is 5. The van der Waals surface area contributed by atoms with Crippen LogP contribution >= 0.6 is 12.6 Å². The Kier molecular flexibility index (Phi) is 3.92. The van der Waals surface area contributed by atoms with Gasteiger partial charge in [-0.3, -0.25) is 4.79 Å². The van der Waals surface area contributed by atoms with Gasteiger partial charge in [-0.2, -0.15) is 0 Å². The predicted molar refractivity (Wildman–Crippen MR) is 82.5 cm³/mol. The van der Waals surface area contributed by atoms with Crippen LogP contribution in [0.25, 0.3) is 0 Å². The van der Waals surface area contributed by atoms with Crippen molar-refractivity contribution in [3.05, 3.63) is 78.3 Å². The number of thiol groups is 1. The summed E-state index contributed by atoms with van der Waals surface area (Å²) in [4.78, 5) is 15.8. The number of aromatic nitrogens is 2. The van der Waals surface area contributed by atoms with E-state index in [0.29, 0.717) is 12.1 Å². The second-order valence-electron chi connectivity index (χ2n) is 4.72. The smallest absolute Gasteiger partial charge is 0.216 e. The quantitative estimate of drug-likeness (QED) is 0.735. The highest BCUT2D eigenvalue weighted by Crippen LogP contribution is 2.30. The third kappa shape index (κ3) is 2.92. The van der Waals surface area contributed by atoms with Crippen molar-refractivity contribution in [1.29, 1.82) is 0 Å². The number of hydrogen-bond acceptors (Lipinski definition) is 3. The average Bonchev–Trinajstić information content (AvgIpc) is 3.18. The summed E-state index contributed by atoms with van der Waals surface area (Å²) in [5.41, 5.74) is 1.50. The molecule has 0 amide bonds. The lowest BCUT2D eigenvalue weighted by molar-refractivity contribution is 0.109. The summed E-state index contributed by atoms with van der Waals surface area (Å²) in [7, 11) is 0. The maximum Gasteiger partial charge on any atom is 0.216 e. The van der Waals surface area contributed by atoms with E-state index in [9.17, 15) is 4.79 Å². The van der Waals surface area contributed by atoms with Crippen LogP contribution in [0.4, 0.5) is 0 Å². The molecule has 2 aromatic heterocycles. The molecule has 0 fully saturated rings. The molecule has 1 atom stereocenters. The molecular formula is C16H14N2O2S. The van der Waals surface area contributed by atoms with Gasteiger partial charge in [0.05, 0.1) is 18.5 Å². The maximum absolute atomic E-state index is 11.8. The molecule has 0 aliphatic heterocycles.